The lowest BCUT2D eigenvalue weighted by atomic mass is 9.93. The van der Waals surface area contributed by atoms with E-state index >= 15 is 0 Å². The highest BCUT2D eigenvalue weighted by atomic mass is 16.6. The topological polar surface area (TPSA) is 138 Å². The van der Waals surface area contributed by atoms with Gasteiger partial charge in [-0.15, -0.1) is 0 Å². The Morgan fingerprint density at radius 2 is 1.78 bits per heavy atom. The van der Waals surface area contributed by atoms with Crippen LogP contribution in [0.1, 0.15) is 52.0 Å². The predicted molar refractivity (Wildman–Crippen MR) is 150 cm³/mol. The Balaban J connectivity index is 1.46. The van der Waals surface area contributed by atoms with Gasteiger partial charge in [0.2, 0.25) is 23.6 Å². The number of rotatable bonds is 13. The average molecular weight is 571 g/mol. The number of epoxide rings is 1. The van der Waals surface area contributed by atoms with Gasteiger partial charge in [-0.25, -0.2) is 0 Å². The van der Waals surface area contributed by atoms with Crippen LogP contribution in [0.15, 0.2) is 30.3 Å². The number of carbonyl (C=O) groups is 5. The molecule has 0 unspecified atom stereocenters. The number of likely N-dealkylation sites (tertiary alicyclic amines) is 1. The second-order valence-electron chi connectivity index (χ2n) is 11.8. The largest absolute Gasteiger partial charge is 0.370 e. The maximum atomic E-state index is 13.7. The van der Waals surface area contributed by atoms with Gasteiger partial charge in [-0.3, -0.25) is 24.0 Å². The highest BCUT2D eigenvalue weighted by Gasteiger charge is 2.50. The van der Waals surface area contributed by atoms with Crippen molar-refractivity contribution in [3.8, 4) is 0 Å². The average Bonchev–Trinajstić information content (AvgIpc) is 3.50. The predicted octanol–water partition coefficient (Wildman–Crippen LogP) is 0.843. The summed E-state index contributed by atoms with van der Waals surface area (Å²) in [5.74, 6) is -1.27. The minimum absolute atomic E-state index is 0.0561. The van der Waals surface area contributed by atoms with Gasteiger partial charge in [0.15, 0.2) is 5.78 Å². The van der Waals surface area contributed by atoms with E-state index in [-0.39, 0.29) is 37.2 Å². The molecule has 0 radical (unpaired) electrons. The number of hydrogen-bond acceptors (Lipinski definition) is 7. The van der Waals surface area contributed by atoms with Gasteiger partial charge in [-0.05, 0) is 44.1 Å². The standard InChI is InChI=1S/C30H42N4O7/c1-20(2)11-12-22(27(37)30(3)19-41-30)31-28(38)23(16-21-8-5-4-6-9-21)32-29(39)24-10-7-13-34(24)25(35)17-33-14-15-40-18-26(33)36/h4-6,8-9,20,22-24H,7,10-19H2,1-3H3,(H,31,38)(H,32,39)/t22-,23-,24-,30+/m0/s1. The van der Waals surface area contributed by atoms with Gasteiger partial charge in [-0.2, -0.15) is 0 Å². The van der Waals surface area contributed by atoms with Gasteiger partial charge in [0.1, 0.15) is 24.3 Å². The van der Waals surface area contributed by atoms with Gasteiger partial charge in [-0.1, -0.05) is 44.2 Å². The second-order valence-corrected chi connectivity index (χ2v) is 11.8. The van der Waals surface area contributed by atoms with Crippen LogP contribution >= 0.6 is 0 Å². The van der Waals surface area contributed by atoms with Crippen LogP contribution in [0, 0.1) is 5.92 Å². The molecule has 0 bridgehead atoms. The third-order valence-electron chi connectivity index (χ3n) is 7.97. The Kier molecular flexibility index (Phi) is 10.1. The molecular weight excluding hydrogens is 528 g/mol. The number of nitrogens with one attached hydrogen (secondary N) is 2. The SMILES string of the molecule is CC(C)CC[C@H](NC(=O)[C@H](Cc1ccccc1)NC(=O)[C@@H]1CCCN1C(=O)CN1CCOCC1=O)C(=O)[C@@]1(C)CO1. The molecule has 11 heteroatoms. The Morgan fingerprint density at radius 3 is 2.44 bits per heavy atom. The van der Waals surface area contributed by atoms with Crippen LogP contribution in [0.3, 0.4) is 0 Å². The molecule has 3 saturated heterocycles. The minimum Gasteiger partial charge on any atom is -0.370 e. The Hall–Kier alpha value is -3.31. The molecule has 4 atom stereocenters. The number of benzene rings is 1. The van der Waals surface area contributed by atoms with Crippen molar-refractivity contribution in [2.24, 2.45) is 5.92 Å². The molecule has 1 aromatic carbocycles. The van der Waals surface area contributed by atoms with Crippen LogP contribution in [-0.2, 0) is 39.9 Å². The van der Waals surface area contributed by atoms with Crippen molar-refractivity contribution in [2.45, 2.75) is 76.6 Å². The number of carbonyl (C=O) groups excluding carboxylic acids is 5. The third-order valence-corrected chi connectivity index (χ3v) is 7.97. The van der Waals surface area contributed by atoms with Gasteiger partial charge in [0, 0.05) is 19.5 Å². The number of hydrogen-bond donors (Lipinski definition) is 2. The van der Waals surface area contributed by atoms with E-state index in [1.807, 2.05) is 30.3 Å². The first-order chi connectivity index (χ1) is 19.6. The lowest BCUT2D eigenvalue weighted by molar-refractivity contribution is -0.149. The van der Waals surface area contributed by atoms with Crippen molar-refractivity contribution in [2.75, 3.05) is 39.5 Å². The molecule has 3 heterocycles. The first kappa shape index (κ1) is 30.6. The maximum Gasteiger partial charge on any atom is 0.249 e. The maximum absolute atomic E-state index is 13.7. The van der Waals surface area contributed by atoms with E-state index in [4.69, 9.17) is 9.47 Å². The zero-order chi connectivity index (χ0) is 29.6. The fourth-order valence-corrected chi connectivity index (χ4v) is 5.30. The van der Waals surface area contributed by atoms with E-state index in [0.29, 0.717) is 51.5 Å². The molecular formula is C30H42N4O7. The van der Waals surface area contributed by atoms with Crippen molar-refractivity contribution >= 4 is 29.4 Å². The van der Waals surface area contributed by atoms with E-state index in [2.05, 4.69) is 24.5 Å². The van der Waals surface area contributed by atoms with Crippen LogP contribution in [0.5, 0.6) is 0 Å². The molecule has 4 amide bonds. The highest BCUT2D eigenvalue weighted by molar-refractivity contribution is 5.98. The molecule has 41 heavy (non-hydrogen) atoms. The molecule has 0 aromatic heterocycles. The fraction of sp³-hybridized carbons (Fsp3) is 0.633. The lowest BCUT2D eigenvalue weighted by Gasteiger charge is -2.31. The summed E-state index contributed by atoms with van der Waals surface area (Å²) < 4.78 is 10.5. The summed E-state index contributed by atoms with van der Waals surface area (Å²) in [6.45, 7) is 7.09. The van der Waals surface area contributed by atoms with Gasteiger partial charge >= 0.3 is 0 Å². The van der Waals surface area contributed by atoms with Crippen LogP contribution < -0.4 is 10.6 Å². The monoisotopic (exact) mass is 570 g/mol. The first-order valence-corrected chi connectivity index (χ1v) is 14.6. The van der Waals surface area contributed by atoms with E-state index < -0.39 is 35.5 Å². The van der Waals surface area contributed by atoms with Crippen molar-refractivity contribution in [3.63, 3.8) is 0 Å². The Labute approximate surface area is 241 Å². The molecule has 0 saturated carbocycles. The van der Waals surface area contributed by atoms with Crippen LogP contribution in [0.2, 0.25) is 0 Å². The summed E-state index contributed by atoms with van der Waals surface area (Å²) in [7, 11) is 0. The molecule has 3 aliphatic rings. The molecule has 3 aliphatic heterocycles. The number of Topliss-reactive ketones (excluding diaryl/α,β-unsaturated/α-hetero) is 1. The Morgan fingerprint density at radius 1 is 1.05 bits per heavy atom. The fourth-order valence-electron chi connectivity index (χ4n) is 5.30. The summed E-state index contributed by atoms with van der Waals surface area (Å²) in [5, 5.41) is 5.79. The lowest BCUT2D eigenvalue weighted by Crippen LogP contribution is -2.57. The zero-order valence-corrected chi connectivity index (χ0v) is 24.2. The number of amides is 4. The summed E-state index contributed by atoms with van der Waals surface area (Å²) in [6.07, 6.45) is 2.53. The number of ether oxygens (including phenoxy) is 2. The van der Waals surface area contributed by atoms with Crippen molar-refractivity contribution in [1.82, 2.24) is 20.4 Å². The number of morpholine rings is 1. The van der Waals surface area contributed by atoms with Crippen molar-refractivity contribution in [3.05, 3.63) is 35.9 Å². The summed E-state index contributed by atoms with van der Waals surface area (Å²) in [4.78, 5) is 68.6. The van der Waals surface area contributed by atoms with Crippen molar-refractivity contribution < 1.29 is 33.4 Å². The van der Waals surface area contributed by atoms with Gasteiger partial charge in [0.25, 0.3) is 0 Å². The molecule has 4 rings (SSSR count). The normalized spacial score (nSPS) is 23.7. The van der Waals surface area contributed by atoms with Gasteiger partial charge < -0.3 is 29.9 Å². The van der Waals surface area contributed by atoms with E-state index in [1.165, 1.54) is 9.80 Å². The quantitative estimate of drug-likeness (QED) is 0.335. The Bertz CT molecular complexity index is 1120. The van der Waals surface area contributed by atoms with Gasteiger partial charge in [0.05, 0.1) is 25.8 Å². The molecule has 224 valence electrons. The zero-order valence-electron chi connectivity index (χ0n) is 24.2. The highest BCUT2D eigenvalue weighted by Crippen LogP contribution is 2.29. The first-order valence-electron chi connectivity index (χ1n) is 14.6. The smallest absolute Gasteiger partial charge is 0.249 e. The van der Waals surface area contributed by atoms with Crippen molar-refractivity contribution in [1.29, 1.82) is 0 Å². The molecule has 0 spiro atoms. The molecule has 2 N–H and O–H groups in total. The van der Waals surface area contributed by atoms with E-state index in [0.717, 1.165) is 12.0 Å². The molecule has 1 aromatic rings. The summed E-state index contributed by atoms with van der Waals surface area (Å²) >= 11 is 0. The van der Waals surface area contributed by atoms with Crippen LogP contribution in [-0.4, -0.2) is 102 Å². The summed E-state index contributed by atoms with van der Waals surface area (Å²) in [5.41, 5.74) is -0.0414. The second kappa shape index (κ2) is 13.6. The van der Waals surface area contributed by atoms with Crippen LogP contribution in [0.25, 0.3) is 0 Å². The minimum atomic E-state index is -0.953. The molecule has 0 aliphatic carbocycles. The third kappa shape index (κ3) is 8.13. The van der Waals surface area contributed by atoms with E-state index in [9.17, 15) is 24.0 Å². The van der Waals surface area contributed by atoms with E-state index in [1.54, 1.807) is 6.92 Å². The molecule has 3 fully saturated rings. The number of ketones is 1. The van der Waals surface area contributed by atoms with Crippen LogP contribution in [0.4, 0.5) is 0 Å². The molecule has 11 nitrogen and oxygen atoms in total. The number of nitrogens with zero attached hydrogens (tertiary/aromatic N) is 2. The summed E-state index contributed by atoms with van der Waals surface area (Å²) in [6, 6.07) is 6.90.